The molecule has 120 valence electrons. The lowest BCUT2D eigenvalue weighted by atomic mass is 10.00. The molecule has 0 amide bonds. The second-order valence-electron chi connectivity index (χ2n) is 5.77. The van der Waals surface area contributed by atoms with Crippen molar-refractivity contribution in [2.24, 2.45) is 5.92 Å². The molecule has 2 N–H and O–H groups in total. The van der Waals surface area contributed by atoms with E-state index in [1.54, 1.807) is 4.31 Å². The number of rotatable bonds is 9. The van der Waals surface area contributed by atoms with Gasteiger partial charge in [-0.15, -0.1) is 0 Å². The van der Waals surface area contributed by atoms with Gasteiger partial charge in [0.05, 0.1) is 0 Å². The number of nitrogens with zero attached hydrogens (tertiary/aromatic N) is 2. The Balaban J connectivity index is 2.40. The highest BCUT2D eigenvalue weighted by atomic mass is 32.2. The molecule has 1 saturated heterocycles. The molecule has 0 radical (unpaired) electrons. The van der Waals surface area contributed by atoms with Crippen LogP contribution in [-0.2, 0) is 10.2 Å². The van der Waals surface area contributed by atoms with Crippen LogP contribution in [0.4, 0.5) is 0 Å². The van der Waals surface area contributed by atoms with E-state index >= 15 is 0 Å². The molecule has 1 aliphatic rings. The fourth-order valence-electron chi connectivity index (χ4n) is 2.38. The smallest absolute Gasteiger partial charge is 0.279 e. The summed E-state index contributed by atoms with van der Waals surface area (Å²) in [6.07, 6.45) is 3.17. The zero-order valence-corrected chi connectivity index (χ0v) is 13.9. The summed E-state index contributed by atoms with van der Waals surface area (Å²) in [4.78, 5) is 1.97. The van der Waals surface area contributed by atoms with Crippen molar-refractivity contribution in [1.82, 2.24) is 19.2 Å². The third-order valence-corrected chi connectivity index (χ3v) is 5.11. The molecule has 1 aliphatic heterocycles. The Labute approximate surface area is 124 Å². The van der Waals surface area contributed by atoms with E-state index in [2.05, 4.69) is 17.0 Å². The second-order valence-corrected chi connectivity index (χ2v) is 7.53. The first-order chi connectivity index (χ1) is 9.45. The van der Waals surface area contributed by atoms with E-state index in [1.165, 1.54) is 0 Å². The lowest BCUT2D eigenvalue weighted by molar-refractivity contribution is 0.257. The van der Waals surface area contributed by atoms with Crippen LogP contribution in [0.5, 0.6) is 0 Å². The van der Waals surface area contributed by atoms with Crippen molar-refractivity contribution < 1.29 is 8.42 Å². The molecule has 1 unspecified atom stereocenters. The molecule has 0 spiro atoms. The SMILES string of the molecule is CCCNCC1CCCN(S(=O)(=O)NCCN(C)C)C1. The minimum Gasteiger partial charge on any atom is -0.316 e. The maximum absolute atomic E-state index is 12.2. The van der Waals surface area contributed by atoms with Gasteiger partial charge in [-0.25, -0.2) is 4.72 Å². The van der Waals surface area contributed by atoms with E-state index in [-0.39, 0.29) is 0 Å². The van der Waals surface area contributed by atoms with Crippen LogP contribution in [0, 0.1) is 5.92 Å². The van der Waals surface area contributed by atoms with Gasteiger partial charge in [-0.05, 0) is 52.4 Å². The van der Waals surface area contributed by atoms with Gasteiger partial charge in [-0.3, -0.25) is 0 Å². The molecule has 0 aromatic heterocycles. The molecule has 0 aliphatic carbocycles. The lowest BCUT2D eigenvalue weighted by Crippen LogP contribution is -2.48. The average molecular weight is 306 g/mol. The van der Waals surface area contributed by atoms with Gasteiger partial charge in [0.15, 0.2) is 0 Å². The molecule has 7 heteroatoms. The first kappa shape index (κ1) is 17.8. The standard InChI is InChI=1S/C13H30N4O2S/c1-4-7-14-11-13-6-5-9-17(12-13)20(18,19)15-8-10-16(2)3/h13-15H,4-12H2,1-3H3. The number of piperidine rings is 1. The van der Waals surface area contributed by atoms with Gasteiger partial charge in [0.25, 0.3) is 10.2 Å². The van der Waals surface area contributed by atoms with Gasteiger partial charge in [-0.1, -0.05) is 6.92 Å². The number of hydrogen-bond acceptors (Lipinski definition) is 4. The maximum Gasteiger partial charge on any atom is 0.279 e. The molecular formula is C13H30N4O2S. The first-order valence-corrected chi connectivity index (χ1v) is 9.00. The summed E-state index contributed by atoms with van der Waals surface area (Å²) in [5.41, 5.74) is 0. The zero-order valence-electron chi connectivity index (χ0n) is 13.1. The Morgan fingerprint density at radius 2 is 2.05 bits per heavy atom. The largest absolute Gasteiger partial charge is 0.316 e. The summed E-state index contributed by atoms with van der Waals surface area (Å²) in [6.45, 7) is 6.51. The topological polar surface area (TPSA) is 64.7 Å². The monoisotopic (exact) mass is 306 g/mol. The summed E-state index contributed by atoms with van der Waals surface area (Å²) < 4.78 is 28.7. The lowest BCUT2D eigenvalue weighted by Gasteiger charge is -2.32. The van der Waals surface area contributed by atoms with E-state index in [0.29, 0.717) is 32.1 Å². The van der Waals surface area contributed by atoms with Crippen molar-refractivity contribution >= 4 is 10.2 Å². The fraction of sp³-hybridized carbons (Fsp3) is 1.00. The van der Waals surface area contributed by atoms with E-state index < -0.39 is 10.2 Å². The Morgan fingerprint density at radius 1 is 1.30 bits per heavy atom. The van der Waals surface area contributed by atoms with Gasteiger partial charge in [0.1, 0.15) is 0 Å². The summed E-state index contributed by atoms with van der Waals surface area (Å²) in [7, 11) is 0.557. The van der Waals surface area contributed by atoms with Crippen LogP contribution in [0.1, 0.15) is 26.2 Å². The third-order valence-electron chi connectivity index (χ3n) is 3.52. The van der Waals surface area contributed by atoms with E-state index in [4.69, 9.17) is 0 Å². The predicted octanol–water partition coefficient (Wildman–Crippen LogP) is 0.0940. The summed E-state index contributed by atoms with van der Waals surface area (Å²) >= 11 is 0. The highest BCUT2D eigenvalue weighted by Gasteiger charge is 2.28. The zero-order chi connectivity index (χ0) is 15.0. The van der Waals surface area contributed by atoms with Crippen LogP contribution < -0.4 is 10.0 Å². The summed E-state index contributed by atoms with van der Waals surface area (Å²) in [5.74, 6) is 0.431. The van der Waals surface area contributed by atoms with Crippen LogP contribution >= 0.6 is 0 Å². The number of likely N-dealkylation sites (N-methyl/N-ethyl adjacent to an activating group) is 1. The van der Waals surface area contributed by atoms with Crippen molar-refractivity contribution in [2.75, 3.05) is 53.4 Å². The molecule has 20 heavy (non-hydrogen) atoms. The molecule has 1 fully saturated rings. The highest BCUT2D eigenvalue weighted by molar-refractivity contribution is 7.87. The first-order valence-electron chi connectivity index (χ1n) is 7.56. The normalized spacial score (nSPS) is 21.5. The van der Waals surface area contributed by atoms with Crippen molar-refractivity contribution in [3.8, 4) is 0 Å². The van der Waals surface area contributed by atoms with Gasteiger partial charge >= 0.3 is 0 Å². The van der Waals surface area contributed by atoms with Crippen molar-refractivity contribution in [2.45, 2.75) is 26.2 Å². The molecule has 6 nitrogen and oxygen atoms in total. The minimum absolute atomic E-state index is 0.431. The second kappa shape index (κ2) is 8.94. The minimum atomic E-state index is -3.31. The number of hydrogen-bond donors (Lipinski definition) is 2. The Kier molecular flexibility index (Phi) is 7.98. The molecule has 0 aromatic rings. The third kappa shape index (κ3) is 6.49. The van der Waals surface area contributed by atoms with Gasteiger partial charge in [0, 0.05) is 26.2 Å². The van der Waals surface area contributed by atoms with E-state index in [1.807, 2.05) is 19.0 Å². The van der Waals surface area contributed by atoms with Crippen LogP contribution in [0.3, 0.4) is 0 Å². The van der Waals surface area contributed by atoms with Gasteiger partial charge in [-0.2, -0.15) is 12.7 Å². The van der Waals surface area contributed by atoms with Crippen molar-refractivity contribution in [1.29, 1.82) is 0 Å². The Morgan fingerprint density at radius 3 is 2.70 bits per heavy atom. The Hall–Kier alpha value is -0.210. The van der Waals surface area contributed by atoms with Crippen LogP contribution in [0.2, 0.25) is 0 Å². The summed E-state index contributed by atoms with van der Waals surface area (Å²) in [6, 6.07) is 0. The molecule has 0 bridgehead atoms. The molecular weight excluding hydrogens is 276 g/mol. The van der Waals surface area contributed by atoms with E-state index in [0.717, 1.165) is 32.4 Å². The number of nitrogens with one attached hydrogen (secondary N) is 2. The van der Waals surface area contributed by atoms with E-state index in [9.17, 15) is 8.42 Å². The molecule has 1 heterocycles. The predicted molar refractivity (Wildman–Crippen MR) is 82.9 cm³/mol. The molecule has 1 atom stereocenters. The quantitative estimate of drug-likeness (QED) is 0.593. The van der Waals surface area contributed by atoms with Crippen molar-refractivity contribution in [3.05, 3.63) is 0 Å². The molecule has 1 rings (SSSR count). The molecule has 0 aromatic carbocycles. The highest BCUT2D eigenvalue weighted by Crippen LogP contribution is 2.17. The molecule has 0 saturated carbocycles. The van der Waals surface area contributed by atoms with Crippen LogP contribution in [-0.4, -0.2) is 71.0 Å². The van der Waals surface area contributed by atoms with Crippen LogP contribution in [0.15, 0.2) is 0 Å². The maximum atomic E-state index is 12.2. The fourth-order valence-corrected chi connectivity index (χ4v) is 3.69. The summed E-state index contributed by atoms with van der Waals surface area (Å²) in [5, 5.41) is 3.39. The van der Waals surface area contributed by atoms with Gasteiger partial charge in [0.2, 0.25) is 0 Å². The van der Waals surface area contributed by atoms with Crippen LogP contribution in [0.25, 0.3) is 0 Å². The average Bonchev–Trinajstić information content (AvgIpc) is 2.39. The van der Waals surface area contributed by atoms with Gasteiger partial charge < -0.3 is 10.2 Å². The van der Waals surface area contributed by atoms with Crippen molar-refractivity contribution in [3.63, 3.8) is 0 Å². The Bertz CT molecular complexity index is 359.